The van der Waals surface area contributed by atoms with Crippen molar-refractivity contribution >= 4 is 10.9 Å². The number of nitrogens with two attached hydrogens (primary N) is 1. The van der Waals surface area contributed by atoms with E-state index in [2.05, 4.69) is 4.98 Å². The van der Waals surface area contributed by atoms with Crippen LogP contribution in [0.2, 0.25) is 0 Å². The van der Waals surface area contributed by atoms with Gasteiger partial charge in [-0.05, 0) is 31.2 Å². The predicted octanol–water partition coefficient (Wildman–Crippen LogP) is 3.70. The van der Waals surface area contributed by atoms with Crippen LogP contribution in [0, 0.1) is 11.6 Å². The lowest BCUT2D eigenvalue weighted by Gasteiger charge is -2.18. The van der Waals surface area contributed by atoms with E-state index in [1.165, 1.54) is 6.92 Å². The molecule has 0 aliphatic rings. The van der Waals surface area contributed by atoms with Crippen molar-refractivity contribution in [2.45, 2.75) is 19.1 Å². The van der Waals surface area contributed by atoms with Gasteiger partial charge in [-0.3, -0.25) is 9.36 Å². The molecule has 2 aromatic carbocycles. The van der Waals surface area contributed by atoms with Crippen molar-refractivity contribution in [1.29, 1.82) is 0 Å². The van der Waals surface area contributed by atoms with Gasteiger partial charge in [0.15, 0.2) is 0 Å². The summed E-state index contributed by atoms with van der Waals surface area (Å²) in [7, 11) is 0. The van der Waals surface area contributed by atoms with Gasteiger partial charge in [0.2, 0.25) is 0 Å². The summed E-state index contributed by atoms with van der Waals surface area (Å²) < 4.78 is 67.6. The highest BCUT2D eigenvalue weighted by atomic mass is 19.4. The zero-order valence-corrected chi connectivity index (χ0v) is 13.3. The molecule has 0 radical (unpaired) electrons. The maximum atomic E-state index is 13.6. The first kappa shape index (κ1) is 18.0. The Morgan fingerprint density at radius 1 is 1.12 bits per heavy atom. The van der Waals surface area contributed by atoms with Crippen molar-refractivity contribution in [3.05, 3.63) is 69.8 Å². The number of benzene rings is 2. The SMILES string of the molecule is CC(N)c1nc2c(C(F)(F)F)cccc2c(=O)n1-c1cc(F)cc(F)c1. The number of hydrogen-bond donors (Lipinski definition) is 1. The molecular weight excluding hydrogens is 357 g/mol. The standard InChI is InChI=1S/C17H12F5N3O/c1-8(23)15-24-14-12(3-2-4-13(14)17(20,21)22)16(26)25(15)11-6-9(18)5-10(19)7-11/h2-8H,23H2,1H3. The molecule has 136 valence electrons. The van der Waals surface area contributed by atoms with Gasteiger partial charge < -0.3 is 5.73 Å². The molecule has 0 bridgehead atoms. The minimum Gasteiger partial charge on any atom is -0.322 e. The van der Waals surface area contributed by atoms with E-state index in [1.54, 1.807) is 0 Å². The lowest BCUT2D eigenvalue weighted by molar-refractivity contribution is -0.136. The Morgan fingerprint density at radius 3 is 2.27 bits per heavy atom. The molecule has 1 heterocycles. The number of para-hydroxylation sites is 1. The van der Waals surface area contributed by atoms with Crippen LogP contribution in [0.1, 0.15) is 24.4 Å². The first-order chi connectivity index (χ1) is 12.1. The Kier molecular flexibility index (Phi) is 4.27. The van der Waals surface area contributed by atoms with Crippen LogP contribution < -0.4 is 11.3 Å². The van der Waals surface area contributed by atoms with Crippen molar-refractivity contribution in [3.63, 3.8) is 0 Å². The van der Waals surface area contributed by atoms with E-state index in [-0.39, 0.29) is 16.9 Å². The van der Waals surface area contributed by atoms with E-state index < -0.39 is 40.5 Å². The summed E-state index contributed by atoms with van der Waals surface area (Å²) >= 11 is 0. The molecule has 0 saturated heterocycles. The third-order valence-corrected chi connectivity index (χ3v) is 3.74. The molecular formula is C17H12F5N3O. The van der Waals surface area contributed by atoms with E-state index in [9.17, 15) is 26.7 Å². The highest BCUT2D eigenvalue weighted by Crippen LogP contribution is 2.33. The largest absolute Gasteiger partial charge is 0.418 e. The summed E-state index contributed by atoms with van der Waals surface area (Å²) in [6.45, 7) is 1.40. The molecule has 1 aromatic heterocycles. The molecule has 1 atom stereocenters. The Hall–Kier alpha value is -2.81. The predicted molar refractivity (Wildman–Crippen MR) is 84.9 cm³/mol. The molecule has 26 heavy (non-hydrogen) atoms. The van der Waals surface area contributed by atoms with Crippen molar-refractivity contribution in [3.8, 4) is 5.69 Å². The number of halogens is 5. The second-order valence-corrected chi connectivity index (χ2v) is 5.73. The molecule has 0 fully saturated rings. The summed E-state index contributed by atoms with van der Waals surface area (Å²) in [5.41, 5.74) is 2.98. The van der Waals surface area contributed by atoms with Crippen LogP contribution in [0.4, 0.5) is 22.0 Å². The van der Waals surface area contributed by atoms with Gasteiger partial charge in [0.25, 0.3) is 5.56 Å². The second-order valence-electron chi connectivity index (χ2n) is 5.73. The average Bonchev–Trinajstić information content (AvgIpc) is 2.52. The fourth-order valence-electron chi connectivity index (χ4n) is 2.68. The van der Waals surface area contributed by atoms with Gasteiger partial charge in [-0.2, -0.15) is 13.2 Å². The van der Waals surface area contributed by atoms with Gasteiger partial charge in [0, 0.05) is 6.07 Å². The van der Waals surface area contributed by atoms with E-state index >= 15 is 0 Å². The summed E-state index contributed by atoms with van der Waals surface area (Å²) in [6.07, 6.45) is -4.73. The normalized spacial score (nSPS) is 13.2. The van der Waals surface area contributed by atoms with Gasteiger partial charge in [0.05, 0.1) is 28.2 Å². The van der Waals surface area contributed by atoms with Crippen LogP contribution >= 0.6 is 0 Å². The molecule has 1 unspecified atom stereocenters. The molecule has 0 aliphatic heterocycles. The molecule has 9 heteroatoms. The van der Waals surface area contributed by atoms with E-state index in [4.69, 9.17) is 5.73 Å². The molecule has 0 aliphatic carbocycles. The van der Waals surface area contributed by atoms with Crippen LogP contribution in [-0.4, -0.2) is 9.55 Å². The zero-order chi connectivity index (χ0) is 19.2. The number of alkyl halides is 3. The van der Waals surface area contributed by atoms with Crippen molar-refractivity contribution in [2.24, 2.45) is 5.73 Å². The van der Waals surface area contributed by atoms with Gasteiger partial charge >= 0.3 is 6.18 Å². The molecule has 0 saturated carbocycles. The molecule has 0 spiro atoms. The highest BCUT2D eigenvalue weighted by molar-refractivity contribution is 5.82. The van der Waals surface area contributed by atoms with Crippen LogP contribution in [0.25, 0.3) is 16.6 Å². The summed E-state index contributed by atoms with van der Waals surface area (Å²) in [6, 6.07) is 4.41. The minimum atomic E-state index is -4.73. The van der Waals surface area contributed by atoms with Crippen LogP contribution in [0.3, 0.4) is 0 Å². The quantitative estimate of drug-likeness (QED) is 0.701. The Bertz CT molecular complexity index is 1040. The van der Waals surface area contributed by atoms with E-state index in [0.717, 1.165) is 34.9 Å². The maximum Gasteiger partial charge on any atom is 0.418 e. The Morgan fingerprint density at radius 2 is 1.73 bits per heavy atom. The monoisotopic (exact) mass is 369 g/mol. The molecule has 0 amide bonds. The number of hydrogen-bond acceptors (Lipinski definition) is 3. The first-order valence-corrected chi connectivity index (χ1v) is 7.44. The summed E-state index contributed by atoms with van der Waals surface area (Å²) in [4.78, 5) is 16.7. The maximum absolute atomic E-state index is 13.6. The third-order valence-electron chi connectivity index (χ3n) is 3.74. The average molecular weight is 369 g/mol. The summed E-state index contributed by atoms with van der Waals surface area (Å²) in [5.74, 6) is -2.15. The fraction of sp³-hybridized carbons (Fsp3) is 0.176. The number of rotatable bonds is 2. The smallest absolute Gasteiger partial charge is 0.322 e. The molecule has 2 N–H and O–H groups in total. The minimum absolute atomic E-state index is 0.216. The first-order valence-electron chi connectivity index (χ1n) is 7.44. The number of nitrogens with zero attached hydrogens (tertiary/aromatic N) is 2. The van der Waals surface area contributed by atoms with Crippen molar-refractivity contribution < 1.29 is 22.0 Å². The van der Waals surface area contributed by atoms with Gasteiger partial charge in [-0.1, -0.05) is 6.07 Å². The van der Waals surface area contributed by atoms with Crippen LogP contribution in [-0.2, 0) is 6.18 Å². The van der Waals surface area contributed by atoms with Crippen LogP contribution in [0.5, 0.6) is 0 Å². The number of fused-ring (bicyclic) bond motifs is 1. The highest BCUT2D eigenvalue weighted by Gasteiger charge is 2.34. The summed E-state index contributed by atoms with van der Waals surface area (Å²) in [5, 5.41) is -0.339. The topological polar surface area (TPSA) is 60.9 Å². The Labute approximate surface area is 143 Å². The van der Waals surface area contributed by atoms with Crippen molar-refractivity contribution in [1.82, 2.24) is 9.55 Å². The molecule has 4 nitrogen and oxygen atoms in total. The third kappa shape index (κ3) is 3.05. The zero-order valence-electron chi connectivity index (χ0n) is 13.3. The number of aromatic nitrogens is 2. The fourth-order valence-corrected chi connectivity index (χ4v) is 2.68. The van der Waals surface area contributed by atoms with E-state index in [1.807, 2.05) is 0 Å². The van der Waals surface area contributed by atoms with Crippen LogP contribution in [0.15, 0.2) is 41.2 Å². The Balaban J connectivity index is 2.46. The van der Waals surface area contributed by atoms with Gasteiger partial charge in [-0.25, -0.2) is 13.8 Å². The molecule has 3 rings (SSSR count). The van der Waals surface area contributed by atoms with E-state index in [0.29, 0.717) is 6.07 Å². The second kappa shape index (κ2) is 6.17. The van der Waals surface area contributed by atoms with Gasteiger partial charge in [0.1, 0.15) is 17.5 Å². The lowest BCUT2D eigenvalue weighted by atomic mass is 10.1. The van der Waals surface area contributed by atoms with Gasteiger partial charge in [-0.15, -0.1) is 0 Å². The van der Waals surface area contributed by atoms with Crippen molar-refractivity contribution in [2.75, 3.05) is 0 Å². The lowest BCUT2D eigenvalue weighted by Crippen LogP contribution is -2.28. The molecule has 3 aromatic rings.